The summed E-state index contributed by atoms with van der Waals surface area (Å²) in [7, 11) is -1.65. The van der Waals surface area contributed by atoms with E-state index in [0.717, 1.165) is 11.8 Å². The van der Waals surface area contributed by atoms with E-state index in [4.69, 9.17) is 4.74 Å². The van der Waals surface area contributed by atoms with E-state index in [1.54, 1.807) is 31.3 Å². The number of likely N-dealkylation sites (N-methyl/N-ethyl adjacent to an activating group) is 1. The second-order valence-electron chi connectivity index (χ2n) is 5.74. The molecule has 1 unspecified atom stereocenters. The number of hydrogen-bond donors (Lipinski definition) is 0. The number of ether oxygens (including phenoxy) is 1. The third kappa shape index (κ3) is 4.79. The molecule has 0 aliphatic carbocycles. The predicted octanol–water partition coefficient (Wildman–Crippen LogP) is 2.83. The molecule has 0 radical (unpaired) electrons. The minimum absolute atomic E-state index is 0.0226. The molecule has 2 aromatic rings. The maximum Gasteiger partial charge on any atom is 0.260 e. The summed E-state index contributed by atoms with van der Waals surface area (Å²) in [6, 6.07) is 11.9. The van der Waals surface area contributed by atoms with Crippen molar-refractivity contribution < 1.29 is 22.3 Å². The fraction of sp³-hybridized carbons (Fsp3) is 0.278. The standard InChI is InChI=1S/C18H20FNO4S/c1-13(14-8-10-15(11-9-14)25(3,22)23)20(2)18(21)12-24-17-7-5-4-6-16(17)19/h4-11,13H,12H2,1-3H3. The average Bonchev–Trinajstić information content (AvgIpc) is 2.59. The van der Waals surface area contributed by atoms with Crippen LogP contribution in [-0.4, -0.2) is 39.1 Å². The molecular weight excluding hydrogens is 345 g/mol. The van der Waals surface area contributed by atoms with Gasteiger partial charge in [0.25, 0.3) is 5.91 Å². The lowest BCUT2D eigenvalue weighted by molar-refractivity contribution is -0.134. The van der Waals surface area contributed by atoms with Crippen molar-refractivity contribution in [2.75, 3.05) is 19.9 Å². The Morgan fingerprint density at radius 3 is 2.32 bits per heavy atom. The van der Waals surface area contributed by atoms with Gasteiger partial charge in [-0.1, -0.05) is 24.3 Å². The molecule has 0 aliphatic rings. The highest BCUT2D eigenvalue weighted by molar-refractivity contribution is 7.90. The number of benzene rings is 2. The van der Waals surface area contributed by atoms with Gasteiger partial charge in [-0.25, -0.2) is 12.8 Å². The predicted molar refractivity (Wildman–Crippen MR) is 92.6 cm³/mol. The summed E-state index contributed by atoms with van der Waals surface area (Å²) < 4.78 is 41.7. The normalized spacial score (nSPS) is 12.5. The minimum atomic E-state index is -3.26. The number of carbonyl (C=O) groups excluding carboxylic acids is 1. The molecule has 1 atom stereocenters. The molecule has 25 heavy (non-hydrogen) atoms. The van der Waals surface area contributed by atoms with Crippen LogP contribution in [0, 0.1) is 5.82 Å². The maximum atomic E-state index is 13.5. The molecule has 0 aromatic heterocycles. The Morgan fingerprint density at radius 1 is 1.16 bits per heavy atom. The van der Waals surface area contributed by atoms with E-state index in [2.05, 4.69) is 0 Å². The van der Waals surface area contributed by atoms with Gasteiger partial charge < -0.3 is 9.64 Å². The van der Waals surface area contributed by atoms with Crippen LogP contribution in [0.25, 0.3) is 0 Å². The molecule has 0 saturated heterocycles. The Hall–Kier alpha value is -2.41. The minimum Gasteiger partial charge on any atom is -0.481 e. The summed E-state index contributed by atoms with van der Waals surface area (Å²) >= 11 is 0. The topological polar surface area (TPSA) is 63.7 Å². The molecule has 0 bridgehead atoms. The Kier molecular flexibility index (Phi) is 5.79. The third-order valence-electron chi connectivity index (χ3n) is 3.95. The van der Waals surface area contributed by atoms with E-state index < -0.39 is 15.7 Å². The lowest BCUT2D eigenvalue weighted by atomic mass is 10.1. The number of para-hydroxylation sites is 1. The first-order valence-corrected chi connectivity index (χ1v) is 9.52. The smallest absolute Gasteiger partial charge is 0.260 e. The molecule has 7 heteroatoms. The second kappa shape index (κ2) is 7.65. The van der Waals surface area contributed by atoms with E-state index in [9.17, 15) is 17.6 Å². The zero-order valence-electron chi connectivity index (χ0n) is 14.3. The van der Waals surface area contributed by atoms with Crippen LogP contribution >= 0.6 is 0 Å². The first kappa shape index (κ1) is 18.9. The molecule has 0 spiro atoms. The molecule has 0 heterocycles. The van der Waals surface area contributed by atoms with Gasteiger partial charge in [0.15, 0.2) is 28.0 Å². The summed E-state index contributed by atoms with van der Waals surface area (Å²) in [6.07, 6.45) is 1.14. The molecule has 5 nitrogen and oxygen atoms in total. The quantitative estimate of drug-likeness (QED) is 0.790. The zero-order chi connectivity index (χ0) is 18.6. The maximum absolute atomic E-state index is 13.5. The molecule has 1 amide bonds. The molecule has 0 saturated carbocycles. The number of carbonyl (C=O) groups is 1. The van der Waals surface area contributed by atoms with Gasteiger partial charge >= 0.3 is 0 Å². The fourth-order valence-corrected chi connectivity index (χ4v) is 2.87. The third-order valence-corrected chi connectivity index (χ3v) is 5.08. The number of amides is 1. The van der Waals surface area contributed by atoms with Crippen molar-refractivity contribution in [2.45, 2.75) is 17.9 Å². The van der Waals surface area contributed by atoms with Crippen molar-refractivity contribution in [2.24, 2.45) is 0 Å². The van der Waals surface area contributed by atoms with Gasteiger partial charge in [0.1, 0.15) is 0 Å². The first-order valence-electron chi connectivity index (χ1n) is 7.63. The van der Waals surface area contributed by atoms with E-state index >= 15 is 0 Å². The Balaban J connectivity index is 2.02. The molecule has 0 fully saturated rings. The zero-order valence-corrected chi connectivity index (χ0v) is 15.1. The van der Waals surface area contributed by atoms with Crippen LogP contribution in [0.3, 0.4) is 0 Å². The van der Waals surface area contributed by atoms with E-state index in [1.165, 1.54) is 29.2 Å². The van der Waals surface area contributed by atoms with Crippen LogP contribution in [-0.2, 0) is 14.6 Å². The van der Waals surface area contributed by atoms with Gasteiger partial charge in [0, 0.05) is 13.3 Å². The highest BCUT2D eigenvalue weighted by atomic mass is 32.2. The van der Waals surface area contributed by atoms with Crippen LogP contribution in [0.1, 0.15) is 18.5 Å². The fourth-order valence-electron chi connectivity index (χ4n) is 2.24. The molecule has 0 N–H and O–H groups in total. The molecule has 134 valence electrons. The molecular formula is C18H20FNO4S. The first-order chi connectivity index (χ1) is 11.7. The second-order valence-corrected chi connectivity index (χ2v) is 7.76. The van der Waals surface area contributed by atoms with Crippen molar-refractivity contribution in [3.05, 3.63) is 59.9 Å². The van der Waals surface area contributed by atoms with Gasteiger partial charge in [-0.05, 0) is 36.8 Å². The van der Waals surface area contributed by atoms with Crippen LogP contribution in [0.5, 0.6) is 5.75 Å². The number of hydrogen-bond acceptors (Lipinski definition) is 4. The van der Waals surface area contributed by atoms with Crippen LogP contribution < -0.4 is 4.74 Å². The largest absolute Gasteiger partial charge is 0.481 e. The van der Waals surface area contributed by atoms with Crippen molar-refractivity contribution in [1.82, 2.24) is 4.90 Å². The van der Waals surface area contributed by atoms with Crippen molar-refractivity contribution in [3.63, 3.8) is 0 Å². The van der Waals surface area contributed by atoms with Gasteiger partial charge in [-0.3, -0.25) is 4.79 Å². The molecule has 2 rings (SSSR count). The van der Waals surface area contributed by atoms with Gasteiger partial charge in [0.05, 0.1) is 10.9 Å². The SMILES string of the molecule is CC(c1ccc(S(C)(=O)=O)cc1)N(C)C(=O)COc1ccccc1F. The van der Waals surface area contributed by atoms with Crippen molar-refractivity contribution >= 4 is 15.7 Å². The number of rotatable bonds is 6. The summed E-state index contributed by atoms with van der Waals surface area (Å²) in [5.41, 5.74) is 0.786. The number of nitrogens with zero attached hydrogens (tertiary/aromatic N) is 1. The summed E-state index contributed by atoms with van der Waals surface area (Å²) in [5.74, 6) is -0.820. The summed E-state index contributed by atoms with van der Waals surface area (Å²) in [4.78, 5) is 13.9. The Labute approximate surface area is 147 Å². The summed E-state index contributed by atoms with van der Waals surface area (Å²) in [6.45, 7) is 1.53. The van der Waals surface area contributed by atoms with Crippen LogP contribution in [0.2, 0.25) is 0 Å². The highest BCUT2D eigenvalue weighted by Crippen LogP contribution is 2.21. The van der Waals surface area contributed by atoms with E-state index in [1.807, 2.05) is 6.92 Å². The number of halogens is 1. The van der Waals surface area contributed by atoms with Gasteiger partial charge in [-0.15, -0.1) is 0 Å². The van der Waals surface area contributed by atoms with Crippen molar-refractivity contribution in [3.8, 4) is 5.75 Å². The Bertz CT molecular complexity index is 850. The summed E-state index contributed by atoms with van der Waals surface area (Å²) in [5, 5.41) is 0. The van der Waals surface area contributed by atoms with Crippen LogP contribution in [0.15, 0.2) is 53.4 Å². The monoisotopic (exact) mass is 365 g/mol. The van der Waals surface area contributed by atoms with Crippen molar-refractivity contribution in [1.29, 1.82) is 0 Å². The molecule has 0 aliphatic heterocycles. The van der Waals surface area contributed by atoms with E-state index in [0.29, 0.717) is 0 Å². The van der Waals surface area contributed by atoms with Gasteiger partial charge in [-0.2, -0.15) is 0 Å². The highest BCUT2D eigenvalue weighted by Gasteiger charge is 2.19. The van der Waals surface area contributed by atoms with E-state index in [-0.39, 0.29) is 29.2 Å². The Morgan fingerprint density at radius 2 is 1.76 bits per heavy atom. The number of sulfone groups is 1. The van der Waals surface area contributed by atoms with Crippen LogP contribution in [0.4, 0.5) is 4.39 Å². The lowest BCUT2D eigenvalue weighted by Gasteiger charge is -2.25. The van der Waals surface area contributed by atoms with Gasteiger partial charge in [0.2, 0.25) is 0 Å². The lowest BCUT2D eigenvalue weighted by Crippen LogP contribution is -2.33. The molecule has 2 aromatic carbocycles. The average molecular weight is 365 g/mol.